The maximum atomic E-state index is 13.2. The third-order valence-electron chi connectivity index (χ3n) is 8.80. The van der Waals surface area contributed by atoms with Crippen LogP contribution in [0, 0.1) is 5.41 Å². The fourth-order valence-corrected chi connectivity index (χ4v) is 8.39. The normalized spacial score (nSPS) is 18.3. The van der Waals surface area contributed by atoms with Crippen LogP contribution in [0.4, 0.5) is 5.82 Å². The van der Waals surface area contributed by atoms with Gasteiger partial charge in [0.25, 0.3) is 5.56 Å². The molecule has 2 N–H and O–H groups in total. The second-order valence-electron chi connectivity index (χ2n) is 12.7. The number of aromatic nitrogens is 5. The van der Waals surface area contributed by atoms with Crippen LogP contribution in [0.1, 0.15) is 56.6 Å². The summed E-state index contributed by atoms with van der Waals surface area (Å²) in [6.07, 6.45) is 7.51. The zero-order chi connectivity index (χ0) is 32.6. The molecule has 46 heavy (non-hydrogen) atoms. The summed E-state index contributed by atoms with van der Waals surface area (Å²) >= 11 is 6.80. The Morgan fingerprint density at radius 3 is 2.72 bits per heavy atom. The first kappa shape index (κ1) is 33.1. The summed E-state index contributed by atoms with van der Waals surface area (Å²) in [6.45, 7) is 7.83. The van der Waals surface area contributed by atoms with Gasteiger partial charge in [-0.2, -0.15) is 0 Å². The number of aliphatic hydroxyl groups excluding tert-OH is 1. The number of rotatable bonds is 9. The number of anilines is 1. The zero-order valence-electron chi connectivity index (χ0n) is 26.3. The van der Waals surface area contributed by atoms with Gasteiger partial charge in [-0.3, -0.25) is 14.3 Å². The Kier molecular flexibility index (Phi) is 9.64. The van der Waals surface area contributed by atoms with Crippen LogP contribution in [0.25, 0.3) is 10.9 Å². The van der Waals surface area contributed by atoms with Crippen LogP contribution in [-0.4, -0.2) is 65.7 Å². The molecule has 1 spiro atoms. The molecule has 3 aromatic heterocycles. The van der Waals surface area contributed by atoms with E-state index in [9.17, 15) is 14.5 Å². The standard InChI is InChI=1S/C32H38ClN7O4S2/c1-31(2,3)46(43)38-28-20-6-5-11-34-22(20)16-32(28)9-12-39(13-10-32)29-23(18-41)37-25(17-35-29)45-24-8-7-21-26(27(24)33)30(42)40(19-36-21)14-15-44-4/h5-8,11,17,19,28,38,41H,9-10,12-16,18H2,1-4H3/t28-,46?/m1/s1. The van der Waals surface area contributed by atoms with E-state index in [0.29, 0.717) is 63.6 Å². The fraction of sp³-hybridized carbons (Fsp3) is 0.469. The average Bonchev–Trinajstić information content (AvgIpc) is 3.33. The molecule has 1 fully saturated rings. The van der Waals surface area contributed by atoms with Crippen LogP contribution in [0.15, 0.2) is 57.7 Å². The Morgan fingerprint density at radius 1 is 1.22 bits per heavy atom. The summed E-state index contributed by atoms with van der Waals surface area (Å²) in [4.78, 5) is 34.5. The predicted molar refractivity (Wildman–Crippen MR) is 181 cm³/mol. The van der Waals surface area contributed by atoms with Gasteiger partial charge in [0.1, 0.15) is 15.5 Å². The molecule has 6 rings (SSSR count). The number of fused-ring (bicyclic) bond motifs is 2. The molecule has 0 bridgehead atoms. The van der Waals surface area contributed by atoms with E-state index < -0.39 is 16.1 Å². The molecule has 244 valence electrons. The van der Waals surface area contributed by atoms with Gasteiger partial charge >= 0.3 is 0 Å². The summed E-state index contributed by atoms with van der Waals surface area (Å²) in [5.41, 5.74) is 2.81. The van der Waals surface area contributed by atoms with Crippen LogP contribution in [0.3, 0.4) is 0 Å². The Morgan fingerprint density at radius 2 is 2.00 bits per heavy atom. The van der Waals surface area contributed by atoms with Gasteiger partial charge in [-0.1, -0.05) is 29.4 Å². The molecule has 0 amide bonds. The molecule has 0 radical (unpaired) electrons. The lowest BCUT2D eigenvalue weighted by atomic mass is 9.73. The van der Waals surface area contributed by atoms with Crippen molar-refractivity contribution in [3.8, 4) is 0 Å². The second-order valence-corrected chi connectivity index (χ2v) is 16.2. The van der Waals surface area contributed by atoms with Crippen molar-refractivity contribution in [2.75, 3.05) is 31.7 Å². The summed E-state index contributed by atoms with van der Waals surface area (Å²) in [6, 6.07) is 7.56. The molecule has 14 heteroatoms. The van der Waals surface area contributed by atoms with Crippen LogP contribution < -0.4 is 15.2 Å². The number of nitrogens with zero attached hydrogens (tertiary/aromatic N) is 6. The van der Waals surface area contributed by atoms with E-state index in [1.807, 2.05) is 39.1 Å². The van der Waals surface area contributed by atoms with E-state index in [4.69, 9.17) is 26.3 Å². The highest BCUT2D eigenvalue weighted by molar-refractivity contribution is 7.99. The topological polar surface area (TPSA) is 141 Å². The minimum absolute atomic E-state index is 0.0634. The first-order chi connectivity index (χ1) is 22.0. The van der Waals surface area contributed by atoms with Crippen molar-refractivity contribution in [1.82, 2.24) is 29.2 Å². The van der Waals surface area contributed by atoms with Crippen LogP contribution in [-0.2, 0) is 35.7 Å². The van der Waals surface area contributed by atoms with Crippen molar-refractivity contribution < 1.29 is 14.4 Å². The van der Waals surface area contributed by atoms with Gasteiger partial charge in [-0.15, -0.1) is 4.72 Å². The summed E-state index contributed by atoms with van der Waals surface area (Å²) in [5, 5.41) is 11.5. The number of piperidine rings is 1. The third-order valence-corrected chi connectivity index (χ3v) is 11.8. The Bertz CT molecular complexity index is 1790. The van der Waals surface area contributed by atoms with Crippen molar-refractivity contribution in [3.63, 3.8) is 0 Å². The Hall–Kier alpha value is -2.78. The summed E-state index contributed by atoms with van der Waals surface area (Å²) < 4.78 is 22.9. The molecule has 1 unspecified atom stereocenters. The second kappa shape index (κ2) is 13.4. The number of aliphatic hydroxyl groups is 1. The maximum absolute atomic E-state index is 13.2. The molecule has 0 saturated carbocycles. The van der Waals surface area contributed by atoms with Gasteiger partial charge in [0, 0.05) is 53.8 Å². The summed E-state index contributed by atoms with van der Waals surface area (Å²) in [7, 11) is 1.58. The number of hydrogen-bond donors (Lipinski definition) is 2. The lowest BCUT2D eigenvalue weighted by Gasteiger charge is -2.44. The molecule has 4 aromatic rings. The summed E-state index contributed by atoms with van der Waals surface area (Å²) in [5.74, 6) is 0.646. The lowest BCUT2D eigenvalue weighted by Crippen LogP contribution is -2.50. The van der Waals surface area contributed by atoms with Gasteiger partial charge < -0.3 is 19.3 Å². The van der Waals surface area contributed by atoms with Gasteiger partial charge in [0.2, 0.25) is 0 Å². The molecule has 2 atom stereocenters. The first-order valence-electron chi connectivity index (χ1n) is 15.2. The largest absolute Gasteiger partial charge is 0.598 e. The number of ether oxygens (including phenoxy) is 1. The first-order valence-corrected chi connectivity index (χ1v) is 17.6. The minimum Gasteiger partial charge on any atom is -0.598 e. The van der Waals surface area contributed by atoms with Crippen LogP contribution in [0.2, 0.25) is 5.02 Å². The zero-order valence-corrected chi connectivity index (χ0v) is 28.7. The van der Waals surface area contributed by atoms with Crippen molar-refractivity contribution in [2.24, 2.45) is 5.41 Å². The molecule has 2 aliphatic rings. The molecular formula is C32H38ClN7O4S2. The quantitative estimate of drug-likeness (QED) is 0.242. The van der Waals surface area contributed by atoms with Gasteiger partial charge in [0.15, 0.2) is 5.82 Å². The van der Waals surface area contributed by atoms with E-state index in [2.05, 4.69) is 25.7 Å². The predicted octanol–water partition coefficient (Wildman–Crippen LogP) is 4.46. The van der Waals surface area contributed by atoms with Gasteiger partial charge in [-0.05, 0) is 63.8 Å². The molecule has 1 aliphatic carbocycles. The highest BCUT2D eigenvalue weighted by atomic mass is 35.5. The molecular weight excluding hydrogens is 646 g/mol. The fourth-order valence-electron chi connectivity index (χ4n) is 6.28. The number of methoxy groups -OCH3 is 1. The Balaban J connectivity index is 1.21. The lowest BCUT2D eigenvalue weighted by molar-refractivity contribution is 0.175. The van der Waals surface area contributed by atoms with Crippen molar-refractivity contribution in [1.29, 1.82) is 0 Å². The van der Waals surface area contributed by atoms with E-state index in [1.54, 1.807) is 19.4 Å². The molecule has 11 nitrogen and oxygen atoms in total. The number of nitrogens with one attached hydrogen (secondary N) is 1. The van der Waals surface area contributed by atoms with E-state index >= 15 is 0 Å². The van der Waals surface area contributed by atoms with Gasteiger partial charge in [-0.25, -0.2) is 15.0 Å². The van der Waals surface area contributed by atoms with Crippen molar-refractivity contribution in [2.45, 2.75) is 73.9 Å². The Labute approximate surface area is 280 Å². The van der Waals surface area contributed by atoms with E-state index in [0.717, 1.165) is 30.5 Å². The monoisotopic (exact) mass is 683 g/mol. The van der Waals surface area contributed by atoms with Gasteiger partial charge in [0.05, 0.1) is 54.3 Å². The highest BCUT2D eigenvalue weighted by Crippen LogP contribution is 2.52. The smallest absolute Gasteiger partial charge is 0.262 e. The molecule has 1 aromatic carbocycles. The number of halogens is 1. The molecule has 1 aliphatic heterocycles. The van der Waals surface area contributed by atoms with Crippen LogP contribution in [0.5, 0.6) is 0 Å². The average molecular weight is 684 g/mol. The SMILES string of the molecule is COCCn1cnc2ccc(Sc3cnc(N4CCC5(CC4)Cc4ncccc4[C@H]5N[S+]([O-])C(C)(C)C)c(CO)n3)c(Cl)c2c1=O. The van der Waals surface area contributed by atoms with E-state index in [-0.39, 0.29) is 23.6 Å². The molecule has 1 saturated heterocycles. The number of benzene rings is 1. The third kappa shape index (κ3) is 6.38. The van der Waals surface area contributed by atoms with Crippen molar-refractivity contribution in [3.05, 3.63) is 75.3 Å². The van der Waals surface area contributed by atoms with E-state index in [1.165, 1.54) is 22.7 Å². The maximum Gasteiger partial charge on any atom is 0.262 e. The molecule has 4 heterocycles. The number of pyridine rings is 1. The number of hydrogen-bond acceptors (Lipinski definition) is 11. The minimum atomic E-state index is -1.23. The highest BCUT2D eigenvalue weighted by Gasteiger charge is 2.51. The van der Waals surface area contributed by atoms with Crippen molar-refractivity contribution >= 4 is 51.4 Å². The van der Waals surface area contributed by atoms with Crippen LogP contribution >= 0.6 is 23.4 Å².